The van der Waals surface area contributed by atoms with Crippen LogP contribution in [-0.4, -0.2) is 30.1 Å². The predicted octanol–water partition coefficient (Wildman–Crippen LogP) is 2.44. The van der Waals surface area contributed by atoms with E-state index in [1.165, 1.54) is 23.5 Å². The molecule has 1 aromatic carbocycles. The van der Waals surface area contributed by atoms with Crippen molar-refractivity contribution in [2.75, 3.05) is 14.2 Å². The fourth-order valence-electron chi connectivity index (χ4n) is 1.33. The van der Waals surface area contributed by atoms with Gasteiger partial charge < -0.3 is 0 Å². The minimum Gasteiger partial charge on any atom is -0.274 e. The van der Waals surface area contributed by atoms with Gasteiger partial charge in [0.2, 0.25) is 0 Å². The van der Waals surface area contributed by atoms with Crippen molar-refractivity contribution in [3.8, 4) is 10.6 Å². The van der Waals surface area contributed by atoms with Crippen molar-refractivity contribution in [3.63, 3.8) is 0 Å². The summed E-state index contributed by atoms with van der Waals surface area (Å²) in [7, 11) is 3.03. The SMILES string of the molecule is CON(C)C(=O)c1cnc(-c2ccccc2)s1. The highest BCUT2D eigenvalue weighted by Gasteiger charge is 2.15. The van der Waals surface area contributed by atoms with Crippen molar-refractivity contribution in [3.05, 3.63) is 41.4 Å². The van der Waals surface area contributed by atoms with E-state index in [2.05, 4.69) is 4.98 Å². The summed E-state index contributed by atoms with van der Waals surface area (Å²) >= 11 is 1.36. The highest BCUT2D eigenvalue weighted by molar-refractivity contribution is 7.16. The second kappa shape index (κ2) is 5.07. The van der Waals surface area contributed by atoms with E-state index >= 15 is 0 Å². The fourth-order valence-corrected chi connectivity index (χ4v) is 2.21. The van der Waals surface area contributed by atoms with Crippen LogP contribution < -0.4 is 0 Å². The van der Waals surface area contributed by atoms with Gasteiger partial charge in [0.1, 0.15) is 9.88 Å². The van der Waals surface area contributed by atoms with E-state index < -0.39 is 0 Å². The van der Waals surface area contributed by atoms with Crippen molar-refractivity contribution < 1.29 is 9.63 Å². The average Bonchev–Trinajstić information content (AvgIpc) is 2.87. The lowest BCUT2D eigenvalue weighted by molar-refractivity contribution is -0.0754. The molecule has 5 heteroatoms. The Kier molecular flexibility index (Phi) is 3.51. The van der Waals surface area contributed by atoms with Crippen LogP contribution >= 0.6 is 11.3 Å². The van der Waals surface area contributed by atoms with E-state index in [0.29, 0.717) is 4.88 Å². The molecule has 2 aromatic rings. The first-order valence-corrected chi connectivity index (χ1v) is 5.87. The van der Waals surface area contributed by atoms with E-state index in [4.69, 9.17) is 4.84 Å². The zero-order valence-electron chi connectivity index (χ0n) is 9.58. The Bertz CT molecular complexity index is 510. The maximum absolute atomic E-state index is 11.8. The number of hydrogen-bond donors (Lipinski definition) is 0. The van der Waals surface area contributed by atoms with Crippen LogP contribution in [0.15, 0.2) is 36.5 Å². The molecular formula is C12H12N2O2S. The van der Waals surface area contributed by atoms with E-state index in [1.807, 2.05) is 30.3 Å². The smallest absolute Gasteiger partial charge is 0.274 e. The second-order valence-corrected chi connectivity index (χ2v) is 4.41. The van der Waals surface area contributed by atoms with Gasteiger partial charge in [0.25, 0.3) is 5.91 Å². The van der Waals surface area contributed by atoms with Gasteiger partial charge in [0, 0.05) is 12.6 Å². The van der Waals surface area contributed by atoms with Gasteiger partial charge in [-0.3, -0.25) is 9.63 Å². The molecule has 88 valence electrons. The van der Waals surface area contributed by atoms with Crippen molar-refractivity contribution in [1.82, 2.24) is 10.0 Å². The van der Waals surface area contributed by atoms with Crippen LogP contribution in [0.25, 0.3) is 10.6 Å². The van der Waals surface area contributed by atoms with Crippen LogP contribution in [0.1, 0.15) is 9.67 Å². The molecule has 2 rings (SSSR count). The molecule has 0 unspecified atom stereocenters. The molecule has 0 aliphatic carbocycles. The van der Waals surface area contributed by atoms with Crippen LogP contribution in [0.2, 0.25) is 0 Å². The first-order chi connectivity index (χ1) is 8.22. The van der Waals surface area contributed by atoms with Crippen LogP contribution in [-0.2, 0) is 4.84 Å². The Morgan fingerprint density at radius 2 is 2.06 bits per heavy atom. The largest absolute Gasteiger partial charge is 0.288 e. The molecule has 1 heterocycles. The zero-order valence-corrected chi connectivity index (χ0v) is 10.4. The summed E-state index contributed by atoms with van der Waals surface area (Å²) in [6, 6.07) is 9.77. The molecule has 1 amide bonds. The first kappa shape index (κ1) is 11.8. The maximum atomic E-state index is 11.8. The lowest BCUT2D eigenvalue weighted by Crippen LogP contribution is -2.24. The molecule has 1 aromatic heterocycles. The Morgan fingerprint density at radius 3 is 2.71 bits per heavy atom. The zero-order chi connectivity index (χ0) is 12.3. The lowest BCUT2D eigenvalue weighted by atomic mass is 10.2. The van der Waals surface area contributed by atoms with Gasteiger partial charge in [0.05, 0.1) is 13.3 Å². The second-order valence-electron chi connectivity index (χ2n) is 3.38. The molecule has 0 bridgehead atoms. The molecule has 0 aliphatic heterocycles. The van der Waals surface area contributed by atoms with Gasteiger partial charge >= 0.3 is 0 Å². The highest BCUT2D eigenvalue weighted by Crippen LogP contribution is 2.25. The number of thiazole rings is 1. The van der Waals surface area contributed by atoms with Crippen LogP contribution in [0, 0.1) is 0 Å². The summed E-state index contributed by atoms with van der Waals surface area (Å²) < 4.78 is 0. The number of carbonyl (C=O) groups excluding carboxylic acids is 1. The minimum atomic E-state index is -0.188. The van der Waals surface area contributed by atoms with Crippen LogP contribution in [0.4, 0.5) is 0 Å². The van der Waals surface area contributed by atoms with Gasteiger partial charge in [-0.15, -0.1) is 11.3 Å². The lowest BCUT2D eigenvalue weighted by Gasteiger charge is -2.11. The summed E-state index contributed by atoms with van der Waals surface area (Å²) in [6.45, 7) is 0. The number of aromatic nitrogens is 1. The third-order valence-corrected chi connectivity index (χ3v) is 3.33. The Labute approximate surface area is 103 Å². The molecule has 0 saturated carbocycles. The molecule has 0 radical (unpaired) electrons. The summed E-state index contributed by atoms with van der Waals surface area (Å²) in [4.78, 5) is 21.4. The van der Waals surface area contributed by atoms with E-state index in [-0.39, 0.29) is 5.91 Å². The summed E-state index contributed by atoms with van der Waals surface area (Å²) in [5.41, 5.74) is 1.01. The van der Waals surface area contributed by atoms with Gasteiger partial charge in [-0.1, -0.05) is 30.3 Å². The third kappa shape index (κ3) is 2.51. The molecule has 0 N–H and O–H groups in total. The van der Waals surface area contributed by atoms with Gasteiger partial charge in [-0.25, -0.2) is 10.0 Å². The van der Waals surface area contributed by atoms with Gasteiger partial charge in [-0.05, 0) is 0 Å². The normalized spacial score (nSPS) is 10.2. The van der Waals surface area contributed by atoms with E-state index in [9.17, 15) is 4.79 Å². The molecule has 0 fully saturated rings. The van der Waals surface area contributed by atoms with E-state index in [1.54, 1.807) is 13.2 Å². The predicted molar refractivity (Wildman–Crippen MR) is 66.7 cm³/mol. The van der Waals surface area contributed by atoms with Crippen LogP contribution in [0.5, 0.6) is 0 Å². The quantitative estimate of drug-likeness (QED) is 0.783. The average molecular weight is 248 g/mol. The van der Waals surface area contributed by atoms with Crippen LogP contribution in [0.3, 0.4) is 0 Å². The summed E-state index contributed by atoms with van der Waals surface area (Å²) in [5.74, 6) is -0.188. The topological polar surface area (TPSA) is 42.4 Å². The summed E-state index contributed by atoms with van der Waals surface area (Å²) in [5, 5.41) is 2.01. The van der Waals surface area contributed by atoms with Crippen molar-refractivity contribution in [2.45, 2.75) is 0 Å². The molecule has 0 spiro atoms. The summed E-state index contributed by atoms with van der Waals surface area (Å²) in [6.07, 6.45) is 1.57. The third-order valence-electron chi connectivity index (χ3n) is 2.30. The number of hydroxylamine groups is 2. The van der Waals surface area contributed by atoms with Crippen molar-refractivity contribution in [1.29, 1.82) is 0 Å². The number of amides is 1. The molecule has 0 aliphatic rings. The Balaban J connectivity index is 2.25. The number of benzene rings is 1. The van der Waals surface area contributed by atoms with Crippen molar-refractivity contribution >= 4 is 17.2 Å². The number of carbonyl (C=O) groups is 1. The standard InChI is InChI=1S/C12H12N2O2S/c1-14(16-2)12(15)10-8-13-11(17-10)9-6-4-3-5-7-9/h3-8H,1-2H3. The molecular weight excluding hydrogens is 236 g/mol. The minimum absolute atomic E-state index is 0.188. The number of nitrogens with zero attached hydrogens (tertiary/aromatic N) is 2. The highest BCUT2D eigenvalue weighted by atomic mass is 32.1. The first-order valence-electron chi connectivity index (χ1n) is 5.06. The molecule has 17 heavy (non-hydrogen) atoms. The van der Waals surface area contributed by atoms with E-state index in [0.717, 1.165) is 10.6 Å². The molecule has 0 saturated heterocycles. The maximum Gasteiger partial charge on any atom is 0.288 e. The molecule has 4 nitrogen and oxygen atoms in total. The van der Waals surface area contributed by atoms with Crippen molar-refractivity contribution in [2.24, 2.45) is 0 Å². The fraction of sp³-hybridized carbons (Fsp3) is 0.167. The molecule has 0 atom stereocenters. The Morgan fingerprint density at radius 1 is 1.35 bits per heavy atom. The number of hydrogen-bond acceptors (Lipinski definition) is 4. The van der Waals surface area contributed by atoms with Gasteiger partial charge in [0.15, 0.2) is 0 Å². The number of rotatable bonds is 3. The monoisotopic (exact) mass is 248 g/mol. The Hall–Kier alpha value is -1.72. The van der Waals surface area contributed by atoms with Gasteiger partial charge in [-0.2, -0.15) is 0 Å².